The minimum atomic E-state index is -4.55. The van der Waals surface area contributed by atoms with Crippen molar-refractivity contribution in [2.24, 2.45) is 11.5 Å². The van der Waals surface area contributed by atoms with Crippen LogP contribution in [0.15, 0.2) is 0 Å². The third-order valence-electron chi connectivity index (χ3n) is 2.63. The maximum atomic E-state index is 9.85. The molecule has 40 heteroatoms. The SMILES string of the molecule is NCCCCCCN.O=P(O)(O)CP(=O)(O)O.O=P(O)(O)CP(=O)(O)O.O=P(O)(O)CP(=O)(O)O.O=P(O)(O)CP(=O)(O)O.[H-].[H-].[H-].[H-].[H-].[K+].[K+].[K+].[K+].[K+].[K]. The van der Waals surface area contributed by atoms with Crippen LogP contribution in [0, 0.1) is 0 Å². The van der Waals surface area contributed by atoms with Gasteiger partial charge in [-0.25, -0.2) is 0 Å². The Bertz CT molecular complexity index is 940. The molecule has 0 aliphatic heterocycles. The Kier molecular flexibility index (Phi) is 76.9. The number of hydrogen-bond acceptors (Lipinski definition) is 10. The van der Waals surface area contributed by atoms with Gasteiger partial charge in [-0.05, 0) is 25.9 Å². The fourth-order valence-electron chi connectivity index (χ4n) is 1.60. The molecule has 0 amide bonds. The number of hydrogen-bond donors (Lipinski definition) is 18. The monoisotopic (exact) mass is 1060 g/mol. The predicted octanol–water partition coefficient (Wildman–Crippen LogP) is -17.1. The summed E-state index contributed by atoms with van der Waals surface area (Å²) >= 11 is 0. The molecule has 0 spiro atoms. The van der Waals surface area contributed by atoms with Crippen LogP contribution in [-0.2, 0) is 36.5 Å². The van der Waals surface area contributed by atoms with Gasteiger partial charge >= 0.3 is 318 Å². The third kappa shape index (κ3) is 124. The van der Waals surface area contributed by atoms with Gasteiger partial charge in [0, 0.05) is 51.4 Å². The standard InChI is InChI=1S/C6H16N2.4CH6O6P2.6K.5H/c7-5-3-1-2-4-6-8;4*2-8(3,4)1-9(5,6)7;;;;;;;;;;;/h1-8H2;4*1H2,(H2,2,3,4)(H2,5,6,7);;;;;;;;;;;/q;;;;;;5*+1;5*-1. The van der Waals surface area contributed by atoms with Crippen LogP contribution in [0.25, 0.3) is 0 Å². The molecule has 0 unspecified atom stereocenters. The Morgan fingerprint density at radius 3 is 0.440 bits per heavy atom. The molecule has 0 saturated heterocycles. The summed E-state index contributed by atoms with van der Waals surface area (Å²) < 4.78 is 78.8. The second kappa shape index (κ2) is 43.8. The number of nitrogens with two attached hydrogens (primary N) is 2. The largest absolute Gasteiger partial charge is 1.00 e. The quantitative estimate of drug-likeness (QED) is 0.0463. The van der Waals surface area contributed by atoms with E-state index in [0.717, 1.165) is 25.9 Å². The Hall–Kier alpha value is 10.9. The van der Waals surface area contributed by atoms with Gasteiger partial charge in [0.25, 0.3) is 0 Å². The molecule has 0 aromatic heterocycles. The molecule has 0 fully saturated rings. The molecule has 0 saturated carbocycles. The van der Waals surface area contributed by atoms with E-state index in [9.17, 15) is 36.5 Å². The molecule has 0 aromatic rings. The Morgan fingerprint density at radius 1 is 0.300 bits per heavy atom. The van der Waals surface area contributed by atoms with Crippen molar-refractivity contribution in [2.45, 2.75) is 25.7 Å². The molecule has 0 bridgehead atoms. The van der Waals surface area contributed by atoms with Gasteiger partial charge in [0.1, 0.15) is 0 Å². The van der Waals surface area contributed by atoms with E-state index in [2.05, 4.69) is 0 Å². The Labute approximate surface area is 550 Å². The summed E-state index contributed by atoms with van der Waals surface area (Å²) in [5.41, 5.74) is 10.6. The fraction of sp³-hybridized carbons (Fsp3) is 1.00. The second-order valence-corrected chi connectivity index (χ2v) is 23.0. The van der Waals surface area contributed by atoms with Crippen molar-refractivity contribution >= 4 is 112 Å². The first-order chi connectivity index (χ1) is 18.7. The van der Waals surface area contributed by atoms with E-state index in [-0.39, 0.29) is 315 Å². The van der Waals surface area contributed by atoms with Gasteiger partial charge in [0.2, 0.25) is 0 Å². The van der Waals surface area contributed by atoms with E-state index < -0.39 is 84.4 Å². The van der Waals surface area contributed by atoms with Gasteiger partial charge in [-0.2, -0.15) is 0 Å². The van der Waals surface area contributed by atoms with Crippen LogP contribution in [0.1, 0.15) is 32.8 Å². The maximum absolute atomic E-state index is 9.85. The molecule has 26 nitrogen and oxygen atoms in total. The fourth-order valence-corrected chi connectivity index (χ4v) is 9.28. The molecule has 0 aliphatic carbocycles. The zero-order valence-corrected chi connectivity index (χ0v) is 54.1. The molecule has 0 heterocycles. The average molecular weight is 1060 g/mol. The zero-order valence-electron chi connectivity index (χ0n) is 33.2. The van der Waals surface area contributed by atoms with Crippen molar-refractivity contribution in [1.29, 1.82) is 0 Å². The molecule has 50 heavy (non-hydrogen) atoms. The second-order valence-electron chi connectivity index (χ2n) is 7.87. The van der Waals surface area contributed by atoms with Crippen molar-refractivity contribution in [3.8, 4) is 0 Å². The van der Waals surface area contributed by atoms with E-state index in [1.54, 1.807) is 0 Å². The number of rotatable bonds is 13. The Morgan fingerprint density at radius 2 is 0.400 bits per heavy atom. The molecular formula is C10H45K6N2O24P8. The van der Waals surface area contributed by atoms with Crippen molar-refractivity contribution in [3.05, 3.63) is 0 Å². The molecule has 0 aliphatic rings. The minimum absolute atomic E-state index is 0. The van der Waals surface area contributed by atoms with Gasteiger partial charge in [0.15, 0.2) is 23.6 Å². The van der Waals surface area contributed by atoms with Crippen LogP contribution in [0.5, 0.6) is 0 Å². The summed E-state index contributed by atoms with van der Waals surface area (Å²) in [7, 11) is -36.4. The van der Waals surface area contributed by atoms with Crippen LogP contribution >= 0.6 is 60.8 Å². The molecular weight excluding hydrogens is 1010 g/mol. The van der Waals surface area contributed by atoms with E-state index in [1.807, 2.05) is 0 Å². The Balaban J connectivity index is -0.0000000235. The first-order valence-electron chi connectivity index (χ1n) is 10.5. The van der Waals surface area contributed by atoms with Gasteiger partial charge in [-0.1, -0.05) is 12.8 Å². The summed E-state index contributed by atoms with van der Waals surface area (Å²) in [5, 5.41) is 0. The van der Waals surface area contributed by atoms with Gasteiger partial charge in [-0.15, -0.1) is 0 Å². The van der Waals surface area contributed by atoms with Crippen LogP contribution in [0.4, 0.5) is 0 Å². The van der Waals surface area contributed by atoms with Crippen LogP contribution in [-0.4, -0.2) is 166 Å². The van der Waals surface area contributed by atoms with Crippen LogP contribution in [0.3, 0.4) is 0 Å². The summed E-state index contributed by atoms with van der Waals surface area (Å²) in [6.07, 6.45) is 4.79. The first-order valence-corrected chi connectivity index (χ1v) is 24.9. The molecule has 0 atom stereocenters. The molecule has 0 rings (SSSR count). The molecule has 285 valence electrons. The van der Waals surface area contributed by atoms with Crippen molar-refractivity contribution in [1.82, 2.24) is 0 Å². The van der Waals surface area contributed by atoms with Crippen molar-refractivity contribution in [2.75, 3.05) is 36.7 Å². The molecule has 0 aromatic carbocycles. The van der Waals surface area contributed by atoms with Gasteiger partial charge < -0.3 is 96.9 Å². The van der Waals surface area contributed by atoms with Crippen LogP contribution in [0.2, 0.25) is 0 Å². The van der Waals surface area contributed by atoms with E-state index in [0.29, 0.717) is 0 Å². The molecule has 20 N–H and O–H groups in total. The first kappa shape index (κ1) is 87.8. The van der Waals surface area contributed by atoms with Crippen LogP contribution < -0.4 is 268 Å². The summed E-state index contributed by atoms with van der Waals surface area (Å²) in [6, 6.07) is 0. The van der Waals surface area contributed by atoms with E-state index >= 15 is 0 Å². The van der Waals surface area contributed by atoms with E-state index in [4.69, 9.17) is 89.8 Å². The normalized spacial score (nSPS) is 11.5. The minimum Gasteiger partial charge on any atom is -1.00 e. The summed E-state index contributed by atoms with van der Waals surface area (Å²) in [6.45, 7) is 1.65. The average Bonchev–Trinajstić information content (AvgIpc) is 2.55. The van der Waals surface area contributed by atoms with Gasteiger partial charge in [0.05, 0.1) is 0 Å². The summed E-state index contributed by atoms with van der Waals surface area (Å²) in [4.78, 5) is 128. The molecule has 1 radical (unpaired) electrons. The predicted molar refractivity (Wildman–Crippen MR) is 164 cm³/mol. The van der Waals surface area contributed by atoms with Crippen molar-refractivity contribution < 1.29 is 379 Å². The summed E-state index contributed by atoms with van der Waals surface area (Å²) in [5.74, 6) is -5.50. The zero-order chi connectivity index (χ0) is 37.1. The van der Waals surface area contributed by atoms with Crippen molar-refractivity contribution in [3.63, 3.8) is 0 Å². The van der Waals surface area contributed by atoms with Gasteiger partial charge in [-0.3, -0.25) is 36.5 Å². The topological polar surface area (TPSA) is 512 Å². The third-order valence-corrected chi connectivity index (χ3v) is 14.4. The maximum Gasteiger partial charge on any atom is 1.00 e. The van der Waals surface area contributed by atoms with E-state index in [1.165, 1.54) is 12.8 Å². The smallest absolute Gasteiger partial charge is 1.00 e. The number of unbranched alkanes of at least 4 members (excludes halogenated alkanes) is 3.